The Kier molecular flexibility index (Phi) is 10.6. The van der Waals surface area contributed by atoms with Crippen LogP contribution in [0.2, 0.25) is 0 Å². The summed E-state index contributed by atoms with van der Waals surface area (Å²) in [6.45, 7) is 31.0. The molecule has 2 atom stereocenters. The maximum absolute atomic E-state index is 6.70. The van der Waals surface area contributed by atoms with E-state index in [0.29, 0.717) is 12.2 Å². The lowest BCUT2D eigenvalue weighted by Gasteiger charge is -2.33. The molecule has 0 bridgehead atoms. The summed E-state index contributed by atoms with van der Waals surface area (Å²) in [5.41, 5.74) is 7.35. The van der Waals surface area contributed by atoms with E-state index in [0.717, 1.165) is 76.5 Å². The molecule has 0 aliphatic carbocycles. The second-order valence-electron chi connectivity index (χ2n) is 17.4. The maximum atomic E-state index is 6.70. The van der Waals surface area contributed by atoms with Crippen molar-refractivity contribution in [1.82, 2.24) is 0 Å². The van der Waals surface area contributed by atoms with Crippen molar-refractivity contribution in [3.05, 3.63) is 46.5 Å². The lowest BCUT2D eigenvalue weighted by atomic mass is 9.75. The number of hydrogen-bond acceptors (Lipinski definition) is 4. The summed E-state index contributed by atoms with van der Waals surface area (Å²) in [5.74, 6) is 2.14. The third-order valence-electron chi connectivity index (χ3n) is 8.88. The molecule has 2 aromatic carbocycles. The van der Waals surface area contributed by atoms with Gasteiger partial charge in [0.15, 0.2) is 0 Å². The van der Waals surface area contributed by atoms with Crippen LogP contribution in [0.3, 0.4) is 0 Å². The average Bonchev–Trinajstić information content (AvgIpc) is 3.81. The Morgan fingerprint density at radius 3 is 1.00 bits per heavy atom. The van der Waals surface area contributed by atoms with Crippen LogP contribution in [0.15, 0.2) is 24.3 Å². The third kappa shape index (κ3) is 9.49. The molecule has 0 amide bonds. The highest BCUT2D eigenvalue weighted by atomic mass is 16.6. The molecule has 2 unspecified atom stereocenters. The Hall–Kier alpha value is -2.04. The molecular weight excluding hydrogens is 544 g/mol. The SMILES string of the molecule is CC(C)(C)c1cc(-c2cc(C(C)(C)C)c(OCCCCC3CO3)c(C(C)(C)C)c2)cc(C(C)(C)C)c1OCCCCC1CO1. The summed E-state index contributed by atoms with van der Waals surface area (Å²) in [6.07, 6.45) is 7.65. The number of rotatable bonds is 13. The Morgan fingerprint density at radius 2 is 0.773 bits per heavy atom. The van der Waals surface area contributed by atoms with Crippen LogP contribution in [0.25, 0.3) is 11.1 Å². The van der Waals surface area contributed by atoms with Crippen LogP contribution in [0.5, 0.6) is 11.5 Å². The number of epoxide rings is 2. The second-order valence-corrected chi connectivity index (χ2v) is 17.4. The van der Waals surface area contributed by atoms with E-state index in [1.54, 1.807) is 0 Å². The van der Waals surface area contributed by atoms with Gasteiger partial charge in [0, 0.05) is 22.3 Å². The van der Waals surface area contributed by atoms with E-state index in [4.69, 9.17) is 18.9 Å². The minimum Gasteiger partial charge on any atom is -0.493 e. The Morgan fingerprint density at radius 1 is 0.500 bits per heavy atom. The quantitative estimate of drug-likeness (QED) is 0.168. The van der Waals surface area contributed by atoms with E-state index in [1.165, 1.54) is 33.4 Å². The lowest BCUT2D eigenvalue weighted by Crippen LogP contribution is -2.21. The van der Waals surface area contributed by atoms with Gasteiger partial charge in [-0.1, -0.05) is 83.1 Å². The molecule has 0 saturated carbocycles. The van der Waals surface area contributed by atoms with Crippen molar-refractivity contribution < 1.29 is 18.9 Å². The van der Waals surface area contributed by atoms with Gasteiger partial charge in [-0.2, -0.15) is 0 Å². The van der Waals surface area contributed by atoms with Gasteiger partial charge in [-0.3, -0.25) is 0 Å². The summed E-state index contributed by atoms with van der Waals surface area (Å²) in [4.78, 5) is 0. The molecule has 2 heterocycles. The molecule has 4 heteroatoms. The molecule has 44 heavy (non-hydrogen) atoms. The summed E-state index contributed by atoms with van der Waals surface area (Å²) in [7, 11) is 0. The minimum absolute atomic E-state index is 0.0680. The highest BCUT2D eigenvalue weighted by Crippen LogP contribution is 2.46. The van der Waals surface area contributed by atoms with Crippen LogP contribution in [0, 0.1) is 0 Å². The van der Waals surface area contributed by atoms with Gasteiger partial charge in [-0.05, 0) is 95.6 Å². The van der Waals surface area contributed by atoms with Crippen molar-refractivity contribution in [2.45, 2.75) is 155 Å². The van der Waals surface area contributed by atoms with Gasteiger partial charge in [0.2, 0.25) is 0 Å². The third-order valence-corrected chi connectivity index (χ3v) is 8.88. The molecule has 0 spiro atoms. The molecule has 2 aromatic rings. The highest BCUT2D eigenvalue weighted by Gasteiger charge is 2.32. The zero-order valence-electron chi connectivity index (χ0n) is 30.2. The van der Waals surface area contributed by atoms with Gasteiger partial charge >= 0.3 is 0 Å². The molecule has 0 N–H and O–H groups in total. The van der Waals surface area contributed by atoms with Gasteiger partial charge in [0.05, 0.1) is 38.6 Å². The van der Waals surface area contributed by atoms with E-state index in [1.807, 2.05) is 0 Å². The molecule has 2 aliphatic rings. The lowest BCUT2D eigenvalue weighted by molar-refractivity contribution is 0.285. The zero-order chi connectivity index (χ0) is 32.5. The van der Waals surface area contributed by atoms with E-state index in [-0.39, 0.29) is 21.7 Å². The van der Waals surface area contributed by atoms with Gasteiger partial charge in [-0.15, -0.1) is 0 Å². The summed E-state index contributed by atoms with van der Waals surface area (Å²) in [5, 5.41) is 0. The molecule has 0 radical (unpaired) electrons. The van der Waals surface area contributed by atoms with Gasteiger partial charge in [0.1, 0.15) is 11.5 Å². The maximum Gasteiger partial charge on any atom is 0.126 e. The summed E-state index contributed by atoms with van der Waals surface area (Å²) in [6, 6.07) is 9.60. The zero-order valence-corrected chi connectivity index (χ0v) is 30.2. The molecule has 2 saturated heterocycles. The van der Waals surface area contributed by atoms with Crippen molar-refractivity contribution in [2.24, 2.45) is 0 Å². The summed E-state index contributed by atoms with van der Waals surface area (Å²) >= 11 is 0. The van der Waals surface area contributed by atoms with E-state index in [2.05, 4.69) is 107 Å². The normalized spacial score (nSPS) is 18.8. The van der Waals surface area contributed by atoms with Crippen molar-refractivity contribution in [3.8, 4) is 22.6 Å². The average molecular weight is 607 g/mol. The number of ether oxygens (including phenoxy) is 4. The smallest absolute Gasteiger partial charge is 0.126 e. The molecule has 4 rings (SSSR count). The number of benzene rings is 2. The largest absolute Gasteiger partial charge is 0.493 e. The standard InChI is InChI=1S/C40H62O4/c1-37(2,3)31-21-27(22-32(38(4,5)6)35(31)41-19-15-13-17-29-25-43-29)28-23-33(39(7,8)9)36(34(24-28)40(10,11)12)42-20-16-14-18-30-26-44-30/h21-24,29-30H,13-20,25-26H2,1-12H3. The number of hydrogen-bond donors (Lipinski definition) is 0. The highest BCUT2D eigenvalue weighted by molar-refractivity contribution is 5.73. The van der Waals surface area contributed by atoms with Crippen LogP contribution in [-0.4, -0.2) is 38.6 Å². The molecule has 4 nitrogen and oxygen atoms in total. The van der Waals surface area contributed by atoms with E-state index >= 15 is 0 Å². The first-order valence-corrected chi connectivity index (χ1v) is 17.2. The first-order valence-electron chi connectivity index (χ1n) is 17.2. The molecular formula is C40H62O4. The monoisotopic (exact) mass is 606 g/mol. The minimum atomic E-state index is -0.0680. The van der Waals surface area contributed by atoms with Gasteiger partial charge in [-0.25, -0.2) is 0 Å². The Bertz CT molecular complexity index is 1080. The van der Waals surface area contributed by atoms with Crippen molar-refractivity contribution in [2.75, 3.05) is 26.4 Å². The molecule has 2 aliphatic heterocycles. The van der Waals surface area contributed by atoms with Crippen LogP contribution in [0.4, 0.5) is 0 Å². The van der Waals surface area contributed by atoms with Gasteiger partial charge < -0.3 is 18.9 Å². The molecule has 0 aromatic heterocycles. The topological polar surface area (TPSA) is 43.5 Å². The second kappa shape index (κ2) is 13.4. The molecule has 2 fully saturated rings. The first-order chi connectivity index (χ1) is 20.4. The van der Waals surface area contributed by atoms with Crippen LogP contribution in [-0.2, 0) is 31.1 Å². The van der Waals surface area contributed by atoms with E-state index in [9.17, 15) is 0 Å². The van der Waals surface area contributed by atoms with Crippen molar-refractivity contribution in [3.63, 3.8) is 0 Å². The van der Waals surface area contributed by atoms with Crippen LogP contribution < -0.4 is 9.47 Å². The summed E-state index contributed by atoms with van der Waals surface area (Å²) < 4.78 is 24.2. The fourth-order valence-corrected chi connectivity index (χ4v) is 5.90. The van der Waals surface area contributed by atoms with Gasteiger partial charge in [0.25, 0.3) is 0 Å². The fraction of sp³-hybridized carbons (Fsp3) is 0.700. The van der Waals surface area contributed by atoms with Crippen LogP contribution >= 0.6 is 0 Å². The van der Waals surface area contributed by atoms with Crippen molar-refractivity contribution in [1.29, 1.82) is 0 Å². The molecule has 246 valence electrons. The number of unbranched alkanes of at least 4 members (excludes halogenated alkanes) is 2. The van der Waals surface area contributed by atoms with Crippen molar-refractivity contribution >= 4 is 0 Å². The van der Waals surface area contributed by atoms with Crippen LogP contribution in [0.1, 0.15) is 144 Å². The first kappa shape index (κ1) is 34.8. The fourth-order valence-electron chi connectivity index (χ4n) is 5.90. The predicted octanol–water partition coefficient (Wildman–Crippen LogP) is 10.4. The predicted molar refractivity (Wildman–Crippen MR) is 185 cm³/mol. The van der Waals surface area contributed by atoms with E-state index < -0.39 is 0 Å². The Labute approximate surface area is 269 Å². The Balaban J connectivity index is 1.76.